The second-order valence-electron chi connectivity index (χ2n) is 5.63. The third-order valence-corrected chi connectivity index (χ3v) is 4.19. The highest BCUT2D eigenvalue weighted by molar-refractivity contribution is 5.95. The van der Waals surface area contributed by atoms with E-state index in [0.29, 0.717) is 29.6 Å². The Morgan fingerprint density at radius 1 is 1.43 bits per heavy atom. The van der Waals surface area contributed by atoms with Gasteiger partial charge in [-0.1, -0.05) is 12.8 Å². The molecule has 0 unspecified atom stereocenters. The first-order valence-electron chi connectivity index (χ1n) is 7.53. The van der Waals surface area contributed by atoms with E-state index in [2.05, 4.69) is 17.3 Å². The van der Waals surface area contributed by atoms with E-state index in [-0.39, 0.29) is 5.91 Å². The maximum absolute atomic E-state index is 12.1. The van der Waals surface area contributed by atoms with Crippen LogP contribution in [-0.4, -0.2) is 44.1 Å². The molecule has 1 aromatic carbocycles. The predicted octanol–water partition coefficient (Wildman–Crippen LogP) is 1.88. The van der Waals surface area contributed by atoms with Crippen LogP contribution in [-0.2, 0) is 0 Å². The molecule has 0 spiro atoms. The van der Waals surface area contributed by atoms with Crippen molar-refractivity contribution in [1.82, 2.24) is 10.2 Å². The fraction of sp³-hybridized carbons (Fsp3) is 0.562. The molecule has 0 aromatic heterocycles. The maximum Gasteiger partial charge on any atom is 0.251 e. The zero-order chi connectivity index (χ0) is 15.2. The summed E-state index contributed by atoms with van der Waals surface area (Å²) in [4.78, 5) is 14.4. The summed E-state index contributed by atoms with van der Waals surface area (Å²) in [5.74, 6) is 0.443. The molecular weight excluding hydrogens is 266 g/mol. The average molecular weight is 291 g/mol. The smallest absolute Gasteiger partial charge is 0.251 e. The molecule has 1 fully saturated rings. The van der Waals surface area contributed by atoms with Crippen molar-refractivity contribution < 1.29 is 9.53 Å². The first-order valence-corrected chi connectivity index (χ1v) is 7.53. The summed E-state index contributed by atoms with van der Waals surface area (Å²) in [6.45, 7) is 1.53. The fourth-order valence-corrected chi connectivity index (χ4v) is 2.83. The molecule has 0 saturated heterocycles. The summed E-state index contributed by atoms with van der Waals surface area (Å²) in [6.07, 6.45) is 5.21. The Bertz CT molecular complexity index is 484. The van der Waals surface area contributed by atoms with Gasteiger partial charge in [-0.25, -0.2) is 0 Å². The van der Waals surface area contributed by atoms with Crippen molar-refractivity contribution in [2.45, 2.75) is 31.7 Å². The van der Waals surface area contributed by atoms with Crippen LogP contribution in [0.5, 0.6) is 5.75 Å². The molecule has 0 radical (unpaired) electrons. The van der Waals surface area contributed by atoms with Crippen molar-refractivity contribution in [3.63, 3.8) is 0 Å². The Kier molecular flexibility index (Phi) is 5.44. The molecule has 21 heavy (non-hydrogen) atoms. The van der Waals surface area contributed by atoms with E-state index in [9.17, 15) is 4.79 Å². The lowest BCUT2D eigenvalue weighted by Gasteiger charge is -2.23. The Morgan fingerprint density at radius 2 is 2.14 bits per heavy atom. The highest BCUT2D eigenvalue weighted by Gasteiger charge is 2.19. The van der Waals surface area contributed by atoms with E-state index >= 15 is 0 Å². The van der Waals surface area contributed by atoms with Gasteiger partial charge in [-0.2, -0.15) is 0 Å². The third kappa shape index (κ3) is 4.11. The van der Waals surface area contributed by atoms with E-state index in [0.717, 1.165) is 6.54 Å². The Balaban J connectivity index is 1.81. The van der Waals surface area contributed by atoms with E-state index in [4.69, 9.17) is 10.5 Å². The fourth-order valence-electron chi connectivity index (χ4n) is 2.83. The number of nitrogens with two attached hydrogens (primary N) is 1. The lowest BCUT2D eigenvalue weighted by molar-refractivity contribution is 0.0947. The molecule has 2 rings (SSSR count). The SMILES string of the molecule is COc1cc(C(=O)NCCN(C)C2CCCC2)ccc1N. The predicted molar refractivity (Wildman–Crippen MR) is 84.6 cm³/mol. The number of likely N-dealkylation sites (N-methyl/N-ethyl adjacent to an activating group) is 1. The number of anilines is 1. The lowest BCUT2D eigenvalue weighted by atomic mass is 10.1. The van der Waals surface area contributed by atoms with Gasteiger partial charge < -0.3 is 20.7 Å². The number of carbonyl (C=O) groups excluding carboxylic acids is 1. The summed E-state index contributed by atoms with van der Waals surface area (Å²) in [5.41, 5.74) is 6.86. The van der Waals surface area contributed by atoms with Crippen LogP contribution in [0.25, 0.3) is 0 Å². The number of nitrogens with one attached hydrogen (secondary N) is 1. The van der Waals surface area contributed by atoms with E-state index in [1.165, 1.54) is 25.7 Å². The van der Waals surface area contributed by atoms with Gasteiger partial charge in [0.1, 0.15) is 5.75 Å². The first-order chi connectivity index (χ1) is 10.1. The van der Waals surface area contributed by atoms with Gasteiger partial charge in [-0.15, -0.1) is 0 Å². The van der Waals surface area contributed by atoms with Crippen molar-refractivity contribution in [2.24, 2.45) is 0 Å². The molecule has 5 heteroatoms. The number of hydrogen-bond acceptors (Lipinski definition) is 4. The van der Waals surface area contributed by atoms with Crippen LogP contribution >= 0.6 is 0 Å². The maximum atomic E-state index is 12.1. The van der Waals surface area contributed by atoms with Crippen molar-refractivity contribution in [2.75, 3.05) is 33.0 Å². The van der Waals surface area contributed by atoms with Gasteiger partial charge in [0.15, 0.2) is 0 Å². The molecule has 0 bridgehead atoms. The number of methoxy groups -OCH3 is 1. The van der Waals surface area contributed by atoms with Gasteiger partial charge in [0.2, 0.25) is 0 Å². The van der Waals surface area contributed by atoms with Crippen molar-refractivity contribution >= 4 is 11.6 Å². The van der Waals surface area contributed by atoms with Gasteiger partial charge in [-0.05, 0) is 38.1 Å². The van der Waals surface area contributed by atoms with Crippen LogP contribution in [0.1, 0.15) is 36.0 Å². The number of hydrogen-bond donors (Lipinski definition) is 2. The quantitative estimate of drug-likeness (QED) is 0.785. The largest absolute Gasteiger partial charge is 0.495 e. The van der Waals surface area contributed by atoms with Gasteiger partial charge in [0.05, 0.1) is 12.8 Å². The molecule has 1 saturated carbocycles. The van der Waals surface area contributed by atoms with E-state index in [1.807, 2.05) is 0 Å². The number of nitrogens with zero attached hydrogens (tertiary/aromatic N) is 1. The summed E-state index contributed by atoms with van der Waals surface area (Å²) in [6, 6.07) is 5.76. The van der Waals surface area contributed by atoms with E-state index < -0.39 is 0 Å². The Labute approximate surface area is 126 Å². The molecule has 1 aromatic rings. The molecule has 3 N–H and O–H groups in total. The van der Waals surface area contributed by atoms with Crippen molar-refractivity contribution in [3.05, 3.63) is 23.8 Å². The first kappa shape index (κ1) is 15.6. The number of rotatable bonds is 6. The minimum absolute atomic E-state index is 0.0897. The van der Waals surface area contributed by atoms with Crippen LogP contribution in [0.15, 0.2) is 18.2 Å². The second kappa shape index (κ2) is 7.31. The Hall–Kier alpha value is -1.75. The zero-order valence-corrected chi connectivity index (χ0v) is 12.9. The molecule has 1 aliphatic carbocycles. The van der Waals surface area contributed by atoms with Gasteiger partial charge in [0, 0.05) is 24.7 Å². The molecule has 5 nitrogen and oxygen atoms in total. The normalized spacial score (nSPS) is 15.4. The monoisotopic (exact) mass is 291 g/mol. The highest BCUT2D eigenvalue weighted by atomic mass is 16.5. The summed E-state index contributed by atoms with van der Waals surface area (Å²) in [5, 5.41) is 2.95. The van der Waals surface area contributed by atoms with E-state index in [1.54, 1.807) is 25.3 Å². The van der Waals surface area contributed by atoms with Crippen LogP contribution in [0.4, 0.5) is 5.69 Å². The molecule has 116 valence electrons. The minimum atomic E-state index is -0.0897. The summed E-state index contributed by atoms with van der Waals surface area (Å²) >= 11 is 0. The summed E-state index contributed by atoms with van der Waals surface area (Å²) < 4.78 is 5.13. The van der Waals surface area contributed by atoms with Crippen molar-refractivity contribution in [1.29, 1.82) is 0 Å². The average Bonchev–Trinajstić information content (AvgIpc) is 3.01. The van der Waals surface area contributed by atoms with Crippen LogP contribution in [0, 0.1) is 0 Å². The molecule has 1 aliphatic rings. The number of amides is 1. The number of nitrogen functional groups attached to an aromatic ring is 1. The summed E-state index contributed by atoms with van der Waals surface area (Å²) in [7, 11) is 3.68. The van der Waals surface area contributed by atoms with Crippen LogP contribution in [0.2, 0.25) is 0 Å². The topological polar surface area (TPSA) is 67.6 Å². The zero-order valence-electron chi connectivity index (χ0n) is 12.9. The standard InChI is InChI=1S/C16H25N3O2/c1-19(13-5-3-4-6-13)10-9-18-16(20)12-7-8-14(17)15(11-12)21-2/h7-8,11,13H,3-6,9-10,17H2,1-2H3,(H,18,20). The van der Waals surface area contributed by atoms with Gasteiger partial charge in [-0.3, -0.25) is 4.79 Å². The van der Waals surface area contributed by atoms with Gasteiger partial charge in [0.25, 0.3) is 5.91 Å². The van der Waals surface area contributed by atoms with Gasteiger partial charge >= 0.3 is 0 Å². The Morgan fingerprint density at radius 3 is 2.81 bits per heavy atom. The number of carbonyl (C=O) groups is 1. The van der Waals surface area contributed by atoms with Crippen LogP contribution < -0.4 is 15.8 Å². The molecular formula is C16H25N3O2. The molecule has 0 aliphatic heterocycles. The minimum Gasteiger partial charge on any atom is -0.495 e. The van der Waals surface area contributed by atoms with Crippen molar-refractivity contribution in [3.8, 4) is 5.75 Å². The second-order valence-corrected chi connectivity index (χ2v) is 5.63. The molecule has 0 heterocycles. The molecule has 0 atom stereocenters. The highest BCUT2D eigenvalue weighted by Crippen LogP contribution is 2.23. The molecule has 1 amide bonds. The number of ether oxygens (including phenoxy) is 1. The lowest BCUT2D eigenvalue weighted by Crippen LogP contribution is -2.37. The number of benzene rings is 1. The van der Waals surface area contributed by atoms with Crippen LogP contribution in [0.3, 0.4) is 0 Å². The third-order valence-electron chi connectivity index (χ3n) is 4.19.